The number of rotatable bonds is 7. The van der Waals surface area contributed by atoms with Crippen molar-refractivity contribution in [2.24, 2.45) is 5.92 Å². The first kappa shape index (κ1) is 14.0. The van der Waals surface area contributed by atoms with Gasteiger partial charge in [-0.05, 0) is 18.8 Å². The number of carboxylic acid groups (broad SMARTS) is 1. The van der Waals surface area contributed by atoms with Gasteiger partial charge in [-0.25, -0.2) is 4.79 Å². The summed E-state index contributed by atoms with van der Waals surface area (Å²) in [6.07, 6.45) is 4.64. The van der Waals surface area contributed by atoms with E-state index >= 15 is 0 Å². The number of aromatic amines is 1. The summed E-state index contributed by atoms with van der Waals surface area (Å²) in [4.78, 5) is 21.8. The minimum atomic E-state index is -0.785. The molecule has 0 bridgehead atoms. The topological polar surface area (TPSA) is 107 Å². The second-order valence-corrected chi connectivity index (χ2v) is 4.19. The molecule has 0 aliphatic rings. The van der Waals surface area contributed by atoms with Crippen LogP contribution < -0.4 is 10.6 Å². The summed E-state index contributed by atoms with van der Waals surface area (Å²) in [6.45, 7) is 2.49. The van der Waals surface area contributed by atoms with Crippen molar-refractivity contribution in [1.82, 2.24) is 15.5 Å². The van der Waals surface area contributed by atoms with Gasteiger partial charge in [-0.3, -0.25) is 9.89 Å². The fraction of sp³-hybridized carbons (Fsp3) is 0.545. The van der Waals surface area contributed by atoms with Crippen LogP contribution in [0.15, 0.2) is 12.4 Å². The van der Waals surface area contributed by atoms with Gasteiger partial charge in [-0.1, -0.05) is 6.92 Å². The van der Waals surface area contributed by atoms with Crippen molar-refractivity contribution >= 4 is 17.7 Å². The number of hydrogen-bond donors (Lipinski definition) is 4. The van der Waals surface area contributed by atoms with Crippen LogP contribution in [0.2, 0.25) is 0 Å². The van der Waals surface area contributed by atoms with E-state index in [4.69, 9.17) is 5.11 Å². The number of aromatic nitrogens is 2. The zero-order valence-corrected chi connectivity index (χ0v) is 10.3. The van der Waals surface area contributed by atoms with Gasteiger partial charge < -0.3 is 15.7 Å². The zero-order valence-electron chi connectivity index (χ0n) is 10.3. The predicted octanol–water partition coefficient (Wildman–Crippen LogP) is 1.42. The van der Waals surface area contributed by atoms with Gasteiger partial charge in [-0.15, -0.1) is 0 Å². The maximum absolute atomic E-state index is 11.4. The fourth-order valence-corrected chi connectivity index (χ4v) is 1.44. The molecule has 1 atom stereocenters. The number of carbonyl (C=O) groups excluding carboxylic acids is 1. The molecule has 0 aromatic carbocycles. The lowest BCUT2D eigenvalue weighted by Gasteiger charge is -2.10. The van der Waals surface area contributed by atoms with Crippen LogP contribution in [0.25, 0.3) is 0 Å². The lowest BCUT2D eigenvalue weighted by atomic mass is 10.0. The van der Waals surface area contributed by atoms with E-state index < -0.39 is 5.97 Å². The molecule has 0 aliphatic heterocycles. The number of H-pyrrole nitrogens is 1. The first-order valence-corrected chi connectivity index (χ1v) is 5.83. The van der Waals surface area contributed by atoms with Gasteiger partial charge >= 0.3 is 12.0 Å². The van der Waals surface area contributed by atoms with Crippen molar-refractivity contribution in [3.8, 4) is 0 Å². The molecule has 0 radical (unpaired) electrons. The first-order valence-electron chi connectivity index (χ1n) is 5.83. The van der Waals surface area contributed by atoms with Crippen LogP contribution in [0.4, 0.5) is 10.5 Å². The molecule has 1 unspecified atom stereocenters. The molecule has 0 fully saturated rings. The minimum absolute atomic E-state index is 0.169. The predicted molar refractivity (Wildman–Crippen MR) is 66.3 cm³/mol. The highest BCUT2D eigenvalue weighted by Gasteiger charge is 2.07. The Morgan fingerprint density at radius 1 is 1.50 bits per heavy atom. The molecule has 0 aliphatic carbocycles. The lowest BCUT2D eigenvalue weighted by Crippen LogP contribution is -2.30. The monoisotopic (exact) mass is 254 g/mol. The van der Waals surface area contributed by atoms with Gasteiger partial charge in [0.2, 0.25) is 0 Å². The summed E-state index contributed by atoms with van der Waals surface area (Å²) < 4.78 is 0. The van der Waals surface area contributed by atoms with Crippen molar-refractivity contribution in [3.05, 3.63) is 12.4 Å². The normalized spacial score (nSPS) is 11.8. The molecular weight excluding hydrogens is 236 g/mol. The average molecular weight is 254 g/mol. The quantitative estimate of drug-likeness (QED) is 0.590. The van der Waals surface area contributed by atoms with E-state index in [0.717, 1.165) is 6.42 Å². The molecule has 7 heteroatoms. The lowest BCUT2D eigenvalue weighted by molar-refractivity contribution is -0.137. The molecule has 0 spiro atoms. The number of nitrogens with one attached hydrogen (secondary N) is 3. The van der Waals surface area contributed by atoms with Crippen molar-refractivity contribution in [2.45, 2.75) is 26.2 Å². The molecule has 1 heterocycles. The maximum Gasteiger partial charge on any atom is 0.319 e. The van der Waals surface area contributed by atoms with E-state index in [1.807, 2.05) is 6.92 Å². The van der Waals surface area contributed by atoms with Gasteiger partial charge in [0.25, 0.3) is 0 Å². The highest BCUT2D eigenvalue weighted by molar-refractivity contribution is 5.88. The van der Waals surface area contributed by atoms with Crippen molar-refractivity contribution < 1.29 is 14.7 Å². The molecule has 1 aromatic rings. The number of carboxylic acids is 1. The summed E-state index contributed by atoms with van der Waals surface area (Å²) in [5.41, 5.74) is 0.603. The summed E-state index contributed by atoms with van der Waals surface area (Å²) in [7, 11) is 0. The van der Waals surface area contributed by atoms with Crippen LogP contribution in [-0.2, 0) is 4.79 Å². The van der Waals surface area contributed by atoms with Gasteiger partial charge in [0, 0.05) is 19.2 Å². The van der Waals surface area contributed by atoms with Gasteiger partial charge in [0.1, 0.15) is 0 Å². The first-order chi connectivity index (χ1) is 8.58. The molecule has 0 saturated heterocycles. The Morgan fingerprint density at radius 3 is 2.89 bits per heavy atom. The molecular formula is C11H18N4O3. The van der Waals surface area contributed by atoms with Crippen LogP contribution >= 0.6 is 0 Å². The minimum Gasteiger partial charge on any atom is -0.481 e. The molecule has 100 valence electrons. The van der Waals surface area contributed by atoms with Gasteiger partial charge in [0.05, 0.1) is 11.9 Å². The Hall–Kier alpha value is -2.05. The number of carbonyl (C=O) groups is 2. The number of urea groups is 1. The Morgan fingerprint density at radius 2 is 2.28 bits per heavy atom. The third-order valence-corrected chi connectivity index (χ3v) is 2.53. The Bertz CT molecular complexity index is 378. The summed E-state index contributed by atoms with van der Waals surface area (Å²) >= 11 is 0. The second-order valence-electron chi connectivity index (χ2n) is 4.19. The van der Waals surface area contributed by atoms with E-state index in [2.05, 4.69) is 20.8 Å². The van der Waals surface area contributed by atoms with Gasteiger partial charge in [-0.2, -0.15) is 5.10 Å². The maximum atomic E-state index is 11.4. The van der Waals surface area contributed by atoms with Crippen LogP contribution in [0, 0.1) is 5.92 Å². The molecule has 1 rings (SSSR count). The Labute approximate surface area is 105 Å². The van der Waals surface area contributed by atoms with E-state index in [9.17, 15) is 9.59 Å². The third kappa shape index (κ3) is 5.88. The summed E-state index contributed by atoms with van der Waals surface area (Å²) in [6, 6.07) is -0.290. The highest BCUT2D eigenvalue weighted by Crippen LogP contribution is 2.09. The van der Waals surface area contributed by atoms with E-state index in [1.54, 1.807) is 6.20 Å². The molecule has 18 heavy (non-hydrogen) atoms. The largest absolute Gasteiger partial charge is 0.481 e. The molecule has 2 amide bonds. The SMILES string of the molecule is CC(CCNC(=O)Nc1cn[nH]c1)CCC(=O)O. The number of hydrogen-bond acceptors (Lipinski definition) is 3. The number of nitrogens with zero attached hydrogens (tertiary/aromatic N) is 1. The van der Waals surface area contributed by atoms with Gasteiger partial charge in [0.15, 0.2) is 0 Å². The molecule has 4 N–H and O–H groups in total. The zero-order chi connectivity index (χ0) is 13.4. The smallest absolute Gasteiger partial charge is 0.319 e. The van der Waals surface area contributed by atoms with Crippen molar-refractivity contribution in [2.75, 3.05) is 11.9 Å². The van der Waals surface area contributed by atoms with E-state index in [1.165, 1.54) is 6.20 Å². The van der Waals surface area contributed by atoms with Crippen LogP contribution in [0.3, 0.4) is 0 Å². The van der Waals surface area contributed by atoms with Crippen molar-refractivity contribution in [3.63, 3.8) is 0 Å². The number of amides is 2. The fourth-order valence-electron chi connectivity index (χ4n) is 1.44. The summed E-state index contributed by atoms with van der Waals surface area (Å²) in [5.74, 6) is -0.511. The third-order valence-electron chi connectivity index (χ3n) is 2.53. The van der Waals surface area contributed by atoms with Crippen molar-refractivity contribution in [1.29, 1.82) is 0 Å². The number of anilines is 1. The Balaban J connectivity index is 2.09. The van der Waals surface area contributed by atoms with Crippen LogP contribution in [-0.4, -0.2) is 33.8 Å². The average Bonchev–Trinajstić information content (AvgIpc) is 2.79. The highest BCUT2D eigenvalue weighted by atomic mass is 16.4. The van der Waals surface area contributed by atoms with E-state index in [0.29, 0.717) is 18.7 Å². The van der Waals surface area contributed by atoms with Crippen LogP contribution in [0.5, 0.6) is 0 Å². The molecule has 0 saturated carbocycles. The Kier molecular flexibility index (Phi) is 5.69. The molecule has 7 nitrogen and oxygen atoms in total. The second kappa shape index (κ2) is 7.31. The molecule has 1 aromatic heterocycles. The van der Waals surface area contributed by atoms with Crippen LogP contribution in [0.1, 0.15) is 26.2 Å². The van der Waals surface area contributed by atoms with E-state index in [-0.39, 0.29) is 18.4 Å². The summed E-state index contributed by atoms with van der Waals surface area (Å²) in [5, 5.41) is 20.1. The standard InChI is InChI=1S/C11H18N4O3/c1-8(2-3-10(16)17)4-5-12-11(18)15-9-6-13-14-7-9/h6-8H,2-5H2,1H3,(H,13,14)(H,16,17)(H2,12,15,18). The number of aliphatic carboxylic acids is 1.